The monoisotopic (exact) mass is 403 g/mol. The Kier molecular flexibility index (Phi) is 6.50. The lowest BCUT2D eigenvalue weighted by molar-refractivity contribution is -0.136. The van der Waals surface area contributed by atoms with E-state index in [1.165, 1.54) is 0 Å². The van der Waals surface area contributed by atoms with Crippen molar-refractivity contribution in [1.82, 2.24) is 24.3 Å². The number of hydrogen-bond donors (Lipinski definition) is 0. The van der Waals surface area contributed by atoms with Gasteiger partial charge in [-0.3, -0.25) is 14.5 Å². The molecular formula is C21H33N5O3. The lowest BCUT2D eigenvalue weighted by Gasteiger charge is -2.40. The van der Waals surface area contributed by atoms with Gasteiger partial charge in [0.05, 0.1) is 13.2 Å². The highest BCUT2D eigenvalue weighted by Gasteiger charge is 2.38. The summed E-state index contributed by atoms with van der Waals surface area (Å²) in [6.45, 7) is 6.69. The quantitative estimate of drug-likeness (QED) is 0.679. The van der Waals surface area contributed by atoms with Crippen molar-refractivity contribution in [3.63, 3.8) is 0 Å². The molecule has 160 valence electrons. The predicted octanol–water partition coefficient (Wildman–Crippen LogP) is 0.986. The van der Waals surface area contributed by atoms with Gasteiger partial charge in [-0.15, -0.1) is 0 Å². The van der Waals surface area contributed by atoms with Crippen LogP contribution in [0.5, 0.6) is 0 Å². The predicted molar refractivity (Wildman–Crippen MR) is 108 cm³/mol. The van der Waals surface area contributed by atoms with Gasteiger partial charge < -0.3 is 19.1 Å². The fourth-order valence-electron chi connectivity index (χ4n) is 4.43. The Labute approximate surface area is 172 Å². The third kappa shape index (κ3) is 4.98. The zero-order valence-electron chi connectivity index (χ0n) is 17.5. The number of imidazole rings is 1. The molecule has 3 heterocycles. The molecule has 2 aliphatic heterocycles. The number of amides is 2. The average molecular weight is 404 g/mol. The topological polar surface area (TPSA) is 70.9 Å². The third-order valence-electron chi connectivity index (χ3n) is 6.32. The Balaban J connectivity index is 1.37. The van der Waals surface area contributed by atoms with Gasteiger partial charge in [-0.05, 0) is 32.1 Å². The SMILES string of the molecule is Cn1ccnc1C(=O)N1CCCC(N(CCCN2CCOCC2)C(=O)C2CC2)C1. The molecule has 3 fully saturated rings. The molecule has 8 heteroatoms. The molecule has 29 heavy (non-hydrogen) atoms. The maximum absolute atomic E-state index is 13.0. The Morgan fingerprint density at radius 2 is 2.00 bits per heavy atom. The minimum atomic E-state index is -0.0330. The van der Waals surface area contributed by atoms with Gasteiger partial charge in [0.1, 0.15) is 0 Å². The molecule has 8 nitrogen and oxygen atoms in total. The number of ether oxygens (including phenoxy) is 1. The second-order valence-electron chi connectivity index (χ2n) is 8.52. The first kappa shape index (κ1) is 20.3. The molecule has 0 N–H and O–H groups in total. The van der Waals surface area contributed by atoms with Crippen molar-refractivity contribution >= 4 is 11.8 Å². The van der Waals surface area contributed by atoms with Crippen LogP contribution in [-0.4, -0.2) is 94.6 Å². The van der Waals surface area contributed by atoms with Gasteiger partial charge >= 0.3 is 0 Å². The first-order chi connectivity index (χ1) is 14.1. The van der Waals surface area contributed by atoms with Crippen molar-refractivity contribution in [3.05, 3.63) is 18.2 Å². The Bertz CT molecular complexity index is 711. The number of morpholine rings is 1. The number of nitrogens with zero attached hydrogens (tertiary/aromatic N) is 5. The van der Waals surface area contributed by atoms with Crippen LogP contribution in [0, 0.1) is 5.92 Å². The number of likely N-dealkylation sites (tertiary alicyclic amines) is 1. The Morgan fingerprint density at radius 3 is 2.69 bits per heavy atom. The summed E-state index contributed by atoms with van der Waals surface area (Å²) in [6.07, 6.45) is 8.36. The fraction of sp³-hybridized carbons (Fsp3) is 0.762. The second kappa shape index (κ2) is 9.26. The van der Waals surface area contributed by atoms with Gasteiger partial charge in [0, 0.05) is 70.7 Å². The van der Waals surface area contributed by atoms with Gasteiger partial charge in [-0.2, -0.15) is 0 Å². The largest absolute Gasteiger partial charge is 0.379 e. The summed E-state index contributed by atoms with van der Waals surface area (Å²) in [6, 6.07) is 0.116. The Hall–Kier alpha value is -1.93. The molecule has 3 aliphatic rings. The van der Waals surface area contributed by atoms with Gasteiger partial charge in [0.15, 0.2) is 5.82 Å². The van der Waals surface area contributed by atoms with Crippen LogP contribution < -0.4 is 0 Å². The Morgan fingerprint density at radius 1 is 1.21 bits per heavy atom. The van der Waals surface area contributed by atoms with E-state index < -0.39 is 0 Å². The molecule has 0 radical (unpaired) electrons. The molecule has 1 saturated carbocycles. The van der Waals surface area contributed by atoms with Crippen LogP contribution in [0.1, 0.15) is 42.7 Å². The molecule has 2 saturated heterocycles. The van der Waals surface area contributed by atoms with Crippen LogP contribution in [0.4, 0.5) is 0 Å². The molecular weight excluding hydrogens is 370 g/mol. The molecule has 1 aliphatic carbocycles. The van der Waals surface area contributed by atoms with Crippen LogP contribution in [0.25, 0.3) is 0 Å². The lowest BCUT2D eigenvalue weighted by Crippen LogP contribution is -2.53. The van der Waals surface area contributed by atoms with Crippen LogP contribution in [0.3, 0.4) is 0 Å². The van der Waals surface area contributed by atoms with E-state index in [1.807, 2.05) is 11.9 Å². The second-order valence-corrected chi connectivity index (χ2v) is 8.52. The molecule has 1 unspecified atom stereocenters. The molecule has 1 atom stereocenters. The van der Waals surface area contributed by atoms with Crippen molar-refractivity contribution in [1.29, 1.82) is 0 Å². The minimum Gasteiger partial charge on any atom is -0.379 e. The van der Waals surface area contributed by atoms with E-state index in [0.717, 1.165) is 78.0 Å². The van der Waals surface area contributed by atoms with E-state index >= 15 is 0 Å². The zero-order chi connectivity index (χ0) is 20.2. The standard InChI is InChI=1S/C21H33N5O3/c1-23-11-7-22-19(23)21(28)25-9-2-4-18(16-25)26(20(27)17-5-6-17)10-3-8-24-12-14-29-15-13-24/h7,11,17-18H,2-6,8-10,12-16H2,1H3. The minimum absolute atomic E-state index is 0.0330. The highest BCUT2D eigenvalue weighted by molar-refractivity contribution is 5.91. The molecule has 2 amide bonds. The highest BCUT2D eigenvalue weighted by Crippen LogP contribution is 2.33. The first-order valence-electron chi connectivity index (χ1n) is 11.0. The number of aromatic nitrogens is 2. The van der Waals surface area contributed by atoms with Gasteiger partial charge in [0.2, 0.25) is 5.91 Å². The maximum Gasteiger partial charge on any atom is 0.289 e. The summed E-state index contributed by atoms with van der Waals surface area (Å²) in [7, 11) is 1.84. The van der Waals surface area contributed by atoms with Crippen LogP contribution >= 0.6 is 0 Å². The number of carbonyl (C=O) groups excluding carboxylic acids is 2. The van der Waals surface area contributed by atoms with Gasteiger partial charge in [-0.25, -0.2) is 4.98 Å². The molecule has 4 rings (SSSR count). The molecule has 0 bridgehead atoms. The van der Waals surface area contributed by atoms with Crippen molar-refractivity contribution < 1.29 is 14.3 Å². The fourth-order valence-corrected chi connectivity index (χ4v) is 4.43. The van der Waals surface area contributed by atoms with E-state index in [4.69, 9.17) is 4.74 Å². The van der Waals surface area contributed by atoms with Crippen molar-refractivity contribution in [2.75, 3.05) is 52.5 Å². The number of piperidine rings is 1. The lowest BCUT2D eigenvalue weighted by atomic mass is 10.0. The van der Waals surface area contributed by atoms with Crippen molar-refractivity contribution in [2.24, 2.45) is 13.0 Å². The summed E-state index contributed by atoms with van der Waals surface area (Å²) in [5.74, 6) is 0.939. The van der Waals surface area contributed by atoms with Crippen molar-refractivity contribution in [3.8, 4) is 0 Å². The third-order valence-corrected chi connectivity index (χ3v) is 6.32. The highest BCUT2D eigenvalue weighted by atomic mass is 16.5. The first-order valence-corrected chi connectivity index (χ1v) is 11.0. The van der Waals surface area contributed by atoms with Gasteiger partial charge in [0.25, 0.3) is 5.91 Å². The number of carbonyl (C=O) groups is 2. The molecule has 1 aromatic rings. The van der Waals surface area contributed by atoms with Crippen LogP contribution in [0.15, 0.2) is 12.4 Å². The van der Waals surface area contributed by atoms with Crippen molar-refractivity contribution in [2.45, 2.75) is 38.1 Å². The molecule has 1 aromatic heterocycles. The summed E-state index contributed by atoms with van der Waals surface area (Å²) in [4.78, 5) is 36.5. The van der Waals surface area contributed by atoms with E-state index in [0.29, 0.717) is 18.3 Å². The average Bonchev–Trinajstić information content (AvgIpc) is 3.52. The van der Waals surface area contributed by atoms with Gasteiger partial charge in [-0.1, -0.05) is 0 Å². The van der Waals surface area contributed by atoms with E-state index in [9.17, 15) is 9.59 Å². The molecule has 0 aromatic carbocycles. The number of hydrogen-bond acceptors (Lipinski definition) is 5. The number of rotatable bonds is 7. The normalized spacial score (nSPS) is 23.2. The smallest absolute Gasteiger partial charge is 0.289 e. The van der Waals surface area contributed by atoms with Crippen LogP contribution in [0.2, 0.25) is 0 Å². The molecule has 0 spiro atoms. The number of aryl methyl sites for hydroxylation is 1. The summed E-state index contributed by atoms with van der Waals surface area (Å²) in [5, 5.41) is 0. The zero-order valence-corrected chi connectivity index (χ0v) is 17.5. The van der Waals surface area contributed by atoms with E-state index in [-0.39, 0.29) is 17.9 Å². The van der Waals surface area contributed by atoms with E-state index in [1.54, 1.807) is 17.0 Å². The van der Waals surface area contributed by atoms with Crippen LogP contribution in [-0.2, 0) is 16.6 Å². The summed E-state index contributed by atoms with van der Waals surface area (Å²) < 4.78 is 7.19. The maximum atomic E-state index is 13.0. The summed E-state index contributed by atoms with van der Waals surface area (Å²) >= 11 is 0. The van der Waals surface area contributed by atoms with E-state index in [2.05, 4.69) is 14.8 Å². The summed E-state index contributed by atoms with van der Waals surface area (Å²) in [5.41, 5.74) is 0.